The molecule has 2 aliphatic heterocycles. The predicted octanol–water partition coefficient (Wildman–Crippen LogP) is 12.7. The number of benzene rings is 2. The number of piperidine rings is 1. The fraction of sp³-hybridized carbons (Fsp3) is 0.634. The van der Waals surface area contributed by atoms with Gasteiger partial charge in [-0.1, -0.05) is 140 Å². The number of rotatable bonds is 0. The third-order valence-electron chi connectivity index (χ3n) is 6.38. The molecule has 264 valence electrons. The molecular formula is C41H74N4S. The van der Waals surface area contributed by atoms with Crippen LogP contribution in [0.4, 0.5) is 5.69 Å². The van der Waals surface area contributed by atoms with E-state index in [1.165, 1.54) is 47.0 Å². The molecule has 0 radical (unpaired) electrons. The van der Waals surface area contributed by atoms with Gasteiger partial charge in [0.25, 0.3) is 0 Å². The number of guanidine groups is 1. The molecule has 1 fully saturated rings. The number of para-hydroxylation sites is 1. The van der Waals surface area contributed by atoms with E-state index >= 15 is 0 Å². The second kappa shape index (κ2) is 23.7. The Kier molecular flexibility index (Phi) is 23.5. The summed E-state index contributed by atoms with van der Waals surface area (Å²) >= 11 is 1.79. The molecule has 2 aliphatic rings. The second-order valence-corrected chi connectivity index (χ2v) is 16.6. The molecule has 3 aromatic rings. The van der Waals surface area contributed by atoms with Gasteiger partial charge >= 0.3 is 0 Å². The molecule has 3 heterocycles. The summed E-state index contributed by atoms with van der Waals surface area (Å²) in [6.45, 7) is 35.4. The first-order chi connectivity index (χ1) is 21.3. The van der Waals surface area contributed by atoms with Gasteiger partial charge in [-0.25, -0.2) is 0 Å². The number of hydrogen-bond donors (Lipinski definition) is 3. The van der Waals surface area contributed by atoms with E-state index in [0.29, 0.717) is 16.2 Å². The number of hydrogen-bond acceptors (Lipinski definition) is 3. The molecule has 0 unspecified atom stereocenters. The smallest absolute Gasteiger partial charge is 0.188 e. The Balaban J connectivity index is 0. The van der Waals surface area contributed by atoms with Gasteiger partial charge in [0.05, 0.1) is 0 Å². The second-order valence-electron chi connectivity index (χ2n) is 15.7. The minimum absolute atomic E-state index is 0.229. The standard InChI is InChI=1S/C10H21N3.C9H11N.C8H6S.2C5H12.2C2H6/c1-10(2,3)8-4-6-13(7-5-8)9(11)12;1-2-6-9-8(4-1)5-3-7-10-9;1-2-4-8-7(3-1)5-6-9-8;2*1-5(2,3)4;2*1-2/h8H,4-7H2,1-3H3,(H3,11,12);1-2,4,6,10H,3,5,7H2;1-6H;2*1-4H3;2*1-2H3. The number of fused-ring (bicyclic) bond motifs is 2. The lowest BCUT2D eigenvalue weighted by molar-refractivity contribution is 0.148. The highest BCUT2D eigenvalue weighted by Gasteiger charge is 2.28. The Morgan fingerprint density at radius 1 is 0.761 bits per heavy atom. The van der Waals surface area contributed by atoms with E-state index < -0.39 is 0 Å². The van der Waals surface area contributed by atoms with Crippen molar-refractivity contribution in [3.05, 3.63) is 65.5 Å². The molecule has 5 rings (SSSR count). The largest absolute Gasteiger partial charge is 0.385 e. The summed E-state index contributed by atoms with van der Waals surface area (Å²) in [5.74, 6) is 1.01. The van der Waals surface area contributed by atoms with Crippen LogP contribution in [0.2, 0.25) is 0 Å². The topological polar surface area (TPSA) is 65.1 Å². The maximum absolute atomic E-state index is 7.31. The van der Waals surface area contributed by atoms with Crippen LogP contribution in [0.3, 0.4) is 0 Å². The number of thiophene rings is 1. The van der Waals surface area contributed by atoms with E-state index in [2.05, 4.69) is 141 Å². The Bertz CT molecular complexity index is 1070. The highest BCUT2D eigenvalue weighted by molar-refractivity contribution is 7.17. The van der Waals surface area contributed by atoms with Gasteiger partial charge in [0.2, 0.25) is 0 Å². The Labute approximate surface area is 290 Å². The molecule has 1 saturated heterocycles. The maximum Gasteiger partial charge on any atom is 0.188 e. The van der Waals surface area contributed by atoms with Crippen molar-refractivity contribution in [3.63, 3.8) is 0 Å². The van der Waals surface area contributed by atoms with Crippen molar-refractivity contribution >= 4 is 33.1 Å². The quantitative estimate of drug-likeness (QED) is 0.167. The predicted molar refractivity (Wildman–Crippen MR) is 214 cm³/mol. The third-order valence-corrected chi connectivity index (χ3v) is 7.28. The monoisotopic (exact) mass is 655 g/mol. The fourth-order valence-electron chi connectivity index (χ4n) is 4.31. The number of likely N-dealkylation sites (tertiary alicyclic amines) is 1. The number of anilines is 1. The van der Waals surface area contributed by atoms with Crippen LogP contribution in [0.1, 0.15) is 129 Å². The van der Waals surface area contributed by atoms with Gasteiger partial charge in [0, 0.05) is 30.0 Å². The van der Waals surface area contributed by atoms with Crippen molar-refractivity contribution in [1.82, 2.24) is 4.90 Å². The van der Waals surface area contributed by atoms with Gasteiger partial charge in [0.15, 0.2) is 5.96 Å². The molecule has 0 amide bonds. The molecule has 2 aromatic carbocycles. The third kappa shape index (κ3) is 24.7. The Hall–Kier alpha value is -2.53. The van der Waals surface area contributed by atoms with Crippen LogP contribution in [0.25, 0.3) is 10.1 Å². The molecule has 0 bridgehead atoms. The first-order valence-corrected chi connectivity index (χ1v) is 18.6. The van der Waals surface area contributed by atoms with E-state index in [9.17, 15) is 0 Å². The zero-order valence-electron chi connectivity index (χ0n) is 32.7. The molecule has 4 N–H and O–H groups in total. The summed E-state index contributed by atoms with van der Waals surface area (Å²) in [5.41, 5.74) is 9.63. The van der Waals surface area contributed by atoms with Crippen molar-refractivity contribution in [2.45, 2.75) is 130 Å². The van der Waals surface area contributed by atoms with Gasteiger partial charge in [-0.15, -0.1) is 11.3 Å². The average Bonchev–Trinajstić information content (AvgIpc) is 3.47. The summed E-state index contributed by atoms with van der Waals surface area (Å²) in [6, 6.07) is 19.1. The number of nitrogens with two attached hydrogens (primary N) is 1. The Morgan fingerprint density at radius 2 is 1.24 bits per heavy atom. The van der Waals surface area contributed by atoms with Gasteiger partial charge in [-0.2, -0.15) is 0 Å². The molecule has 0 atom stereocenters. The van der Waals surface area contributed by atoms with Crippen molar-refractivity contribution in [1.29, 1.82) is 5.41 Å². The molecule has 1 aromatic heterocycles. The van der Waals surface area contributed by atoms with Crippen LogP contribution in [0.5, 0.6) is 0 Å². The lowest BCUT2D eigenvalue weighted by Gasteiger charge is -2.38. The van der Waals surface area contributed by atoms with Crippen molar-refractivity contribution in [2.24, 2.45) is 27.9 Å². The van der Waals surface area contributed by atoms with Crippen LogP contribution in [0.15, 0.2) is 60.0 Å². The fourth-order valence-corrected chi connectivity index (χ4v) is 5.10. The summed E-state index contributed by atoms with van der Waals surface area (Å²) < 4.78 is 1.37. The average molecular weight is 655 g/mol. The van der Waals surface area contributed by atoms with Gasteiger partial charge in [-0.05, 0) is 82.4 Å². The van der Waals surface area contributed by atoms with Crippen LogP contribution in [-0.4, -0.2) is 30.5 Å². The summed E-state index contributed by atoms with van der Waals surface area (Å²) in [4.78, 5) is 1.96. The maximum atomic E-state index is 7.31. The lowest BCUT2D eigenvalue weighted by Crippen LogP contribution is -2.44. The SMILES string of the molecule is CC.CC.CC(C)(C)C.CC(C)(C)C.CC(C)(C)C1CCN(C(=N)N)CC1.c1ccc2c(c1)CCCN2.c1ccc2sccc2c1. The molecule has 0 saturated carbocycles. The van der Waals surface area contributed by atoms with Crippen LogP contribution in [-0.2, 0) is 6.42 Å². The van der Waals surface area contributed by atoms with Crippen molar-refractivity contribution < 1.29 is 0 Å². The zero-order chi connectivity index (χ0) is 36.0. The van der Waals surface area contributed by atoms with Crippen LogP contribution < -0.4 is 11.1 Å². The van der Waals surface area contributed by atoms with Crippen molar-refractivity contribution in [2.75, 3.05) is 25.0 Å². The summed E-state index contributed by atoms with van der Waals surface area (Å²) in [5, 5.41) is 14.1. The van der Waals surface area contributed by atoms with Gasteiger partial charge < -0.3 is 16.0 Å². The number of nitrogens with one attached hydrogen (secondary N) is 2. The van der Waals surface area contributed by atoms with Gasteiger partial charge in [-0.3, -0.25) is 5.41 Å². The highest BCUT2D eigenvalue weighted by Crippen LogP contribution is 2.34. The van der Waals surface area contributed by atoms with E-state index in [1.54, 1.807) is 11.3 Å². The minimum Gasteiger partial charge on any atom is -0.385 e. The number of aryl methyl sites for hydroxylation is 1. The zero-order valence-corrected chi connectivity index (χ0v) is 33.5. The lowest BCUT2D eigenvalue weighted by atomic mass is 9.75. The van der Waals surface area contributed by atoms with E-state index in [0.717, 1.165) is 25.6 Å². The molecule has 4 nitrogen and oxygen atoms in total. The summed E-state index contributed by atoms with van der Waals surface area (Å²) in [6.07, 6.45) is 4.85. The first kappa shape index (κ1) is 45.6. The molecule has 0 aliphatic carbocycles. The normalized spacial score (nSPS) is 14.0. The minimum atomic E-state index is 0.229. The van der Waals surface area contributed by atoms with E-state index in [4.69, 9.17) is 11.1 Å². The highest BCUT2D eigenvalue weighted by atomic mass is 32.1. The summed E-state index contributed by atoms with van der Waals surface area (Å²) in [7, 11) is 0. The number of nitrogens with zero attached hydrogens (tertiary/aromatic N) is 1. The van der Waals surface area contributed by atoms with Crippen LogP contribution >= 0.6 is 11.3 Å². The van der Waals surface area contributed by atoms with Crippen LogP contribution in [0, 0.1) is 27.6 Å². The molecule has 46 heavy (non-hydrogen) atoms. The van der Waals surface area contributed by atoms with E-state index in [1.807, 2.05) is 32.6 Å². The molecule has 0 spiro atoms. The molecule has 5 heteroatoms. The first-order valence-electron chi connectivity index (χ1n) is 17.7. The van der Waals surface area contributed by atoms with E-state index in [-0.39, 0.29) is 5.96 Å². The Morgan fingerprint density at radius 3 is 1.70 bits per heavy atom. The van der Waals surface area contributed by atoms with Gasteiger partial charge in [0.1, 0.15) is 0 Å². The van der Waals surface area contributed by atoms with Crippen molar-refractivity contribution in [3.8, 4) is 0 Å². The molecular weight excluding hydrogens is 581 g/mol.